The SMILES string of the molecule is CCCCCCCCCCCCCCCCC(=O)OC[C@H](COC(=O)CCCCCCCCCCCC)OC(=O)CCCCCCCCCCC(C)C. The first-order valence-electron chi connectivity index (χ1n) is 23.4. The van der Waals surface area contributed by atoms with Gasteiger partial charge in [0.15, 0.2) is 6.10 Å². The summed E-state index contributed by atoms with van der Waals surface area (Å²) in [5, 5.41) is 0. The van der Waals surface area contributed by atoms with E-state index in [1.807, 2.05) is 0 Å². The van der Waals surface area contributed by atoms with Crippen molar-refractivity contribution in [3.63, 3.8) is 0 Å². The van der Waals surface area contributed by atoms with Crippen LogP contribution in [0.3, 0.4) is 0 Å². The van der Waals surface area contributed by atoms with Crippen LogP contribution in [0.15, 0.2) is 0 Å². The van der Waals surface area contributed by atoms with Crippen molar-refractivity contribution in [2.75, 3.05) is 13.2 Å². The van der Waals surface area contributed by atoms with Gasteiger partial charge in [-0.3, -0.25) is 14.4 Å². The Morgan fingerprint density at radius 3 is 0.925 bits per heavy atom. The fraction of sp³-hybridized carbons (Fsp3) is 0.936. The van der Waals surface area contributed by atoms with Gasteiger partial charge in [0.2, 0.25) is 0 Å². The highest BCUT2D eigenvalue weighted by Gasteiger charge is 2.19. The van der Waals surface area contributed by atoms with Crippen LogP contribution in [-0.4, -0.2) is 37.2 Å². The largest absolute Gasteiger partial charge is 0.462 e. The molecule has 0 amide bonds. The first-order chi connectivity index (χ1) is 25.9. The lowest BCUT2D eigenvalue weighted by atomic mass is 10.0. The first kappa shape index (κ1) is 51.4. The van der Waals surface area contributed by atoms with Crippen LogP contribution in [0.4, 0.5) is 0 Å². The average molecular weight is 751 g/mol. The molecule has 0 aliphatic rings. The lowest BCUT2D eigenvalue weighted by Gasteiger charge is -2.18. The van der Waals surface area contributed by atoms with E-state index in [9.17, 15) is 14.4 Å². The molecule has 1 atom stereocenters. The second-order valence-corrected chi connectivity index (χ2v) is 16.5. The van der Waals surface area contributed by atoms with E-state index < -0.39 is 6.10 Å². The average Bonchev–Trinajstić information content (AvgIpc) is 3.14. The van der Waals surface area contributed by atoms with Crippen LogP contribution >= 0.6 is 0 Å². The van der Waals surface area contributed by atoms with Gasteiger partial charge in [-0.15, -0.1) is 0 Å². The van der Waals surface area contributed by atoms with E-state index in [0.717, 1.165) is 63.7 Å². The number of unbranched alkanes of at least 4 members (excludes halogenated alkanes) is 29. The summed E-state index contributed by atoms with van der Waals surface area (Å²) in [4.78, 5) is 37.7. The Morgan fingerprint density at radius 2 is 0.623 bits per heavy atom. The number of hydrogen-bond acceptors (Lipinski definition) is 6. The third-order valence-electron chi connectivity index (χ3n) is 10.5. The second-order valence-electron chi connectivity index (χ2n) is 16.5. The van der Waals surface area contributed by atoms with Crippen LogP contribution < -0.4 is 0 Å². The molecule has 6 nitrogen and oxygen atoms in total. The van der Waals surface area contributed by atoms with Crippen LogP contribution in [0.1, 0.15) is 259 Å². The van der Waals surface area contributed by atoms with Gasteiger partial charge in [-0.2, -0.15) is 0 Å². The lowest BCUT2D eigenvalue weighted by molar-refractivity contribution is -0.167. The summed E-state index contributed by atoms with van der Waals surface area (Å²) in [5.74, 6) is -0.0616. The van der Waals surface area contributed by atoms with Crippen LogP contribution in [0.5, 0.6) is 0 Å². The van der Waals surface area contributed by atoms with Gasteiger partial charge in [0.1, 0.15) is 13.2 Å². The van der Waals surface area contributed by atoms with Crippen molar-refractivity contribution in [2.24, 2.45) is 5.92 Å². The summed E-state index contributed by atoms with van der Waals surface area (Å²) >= 11 is 0. The predicted octanol–water partition coefficient (Wildman–Crippen LogP) is 14.7. The maximum atomic E-state index is 12.7. The minimum atomic E-state index is -0.759. The van der Waals surface area contributed by atoms with Gasteiger partial charge in [-0.05, 0) is 25.2 Å². The number of carbonyl (C=O) groups is 3. The van der Waals surface area contributed by atoms with E-state index in [0.29, 0.717) is 19.3 Å². The first-order valence-corrected chi connectivity index (χ1v) is 23.4. The molecule has 53 heavy (non-hydrogen) atoms. The van der Waals surface area contributed by atoms with Crippen molar-refractivity contribution in [3.05, 3.63) is 0 Å². The fourth-order valence-electron chi connectivity index (χ4n) is 6.98. The Kier molecular flexibility index (Phi) is 40.3. The van der Waals surface area contributed by atoms with Crippen LogP contribution in [0.2, 0.25) is 0 Å². The Labute approximate surface area is 329 Å². The molecule has 0 bridgehead atoms. The minimum Gasteiger partial charge on any atom is -0.462 e. The standard InChI is InChI=1S/C47H90O6/c1-5-7-9-11-13-15-17-18-19-20-22-27-31-35-39-46(49)52-42-44(41-51-45(48)38-34-30-26-21-16-14-12-10-8-6-2)53-47(50)40-36-32-28-24-23-25-29-33-37-43(3)4/h43-44H,5-42H2,1-4H3/t44-/m0/s1. The topological polar surface area (TPSA) is 78.9 Å². The maximum Gasteiger partial charge on any atom is 0.306 e. The highest BCUT2D eigenvalue weighted by atomic mass is 16.6. The molecule has 6 heteroatoms. The van der Waals surface area contributed by atoms with E-state index in [1.165, 1.54) is 154 Å². The molecule has 0 aliphatic heterocycles. The van der Waals surface area contributed by atoms with E-state index >= 15 is 0 Å². The molecule has 0 N–H and O–H groups in total. The smallest absolute Gasteiger partial charge is 0.306 e. The van der Waals surface area contributed by atoms with E-state index in [1.54, 1.807) is 0 Å². The predicted molar refractivity (Wildman–Crippen MR) is 224 cm³/mol. The molecule has 0 aromatic carbocycles. The molecule has 0 radical (unpaired) electrons. The molecule has 0 aliphatic carbocycles. The van der Waals surface area contributed by atoms with Gasteiger partial charge in [0.25, 0.3) is 0 Å². The zero-order valence-corrected chi connectivity index (χ0v) is 36.0. The van der Waals surface area contributed by atoms with Crippen molar-refractivity contribution in [3.8, 4) is 0 Å². The Morgan fingerprint density at radius 1 is 0.358 bits per heavy atom. The van der Waals surface area contributed by atoms with Crippen LogP contribution in [0.25, 0.3) is 0 Å². The van der Waals surface area contributed by atoms with E-state index in [4.69, 9.17) is 14.2 Å². The molecule has 0 saturated carbocycles. The molecule has 0 aromatic heterocycles. The fourth-order valence-corrected chi connectivity index (χ4v) is 6.98. The molecule has 0 rings (SSSR count). The zero-order chi connectivity index (χ0) is 38.9. The van der Waals surface area contributed by atoms with Crippen LogP contribution in [-0.2, 0) is 28.6 Å². The molecule has 0 saturated heterocycles. The van der Waals surface area contributed by atoms with Gasteiger partial charge in [0.05, 0.1) is 0 Å². The third kappa shape index (κ3) is 41.4. The monoisotopic (exact) mass is 751 g/mol. The molecule has 314 valence electrons. The molecule has 0 fully saturated rings. The van der Waals surface area contributed by atoms with Gasteiger partial charge in [-0.25, -0.2) is 0 Å². The van der Waals surface area contributed by atoms with Gasteiger partial charge < -0.3 is 14.2 Å². The molecular formula is C47H90O6. The van der Waals surface area contributed by atoms with E-state index in [-0.39, 0.29) is 31.1 Å². The number of esters is 3. The van der Waals surface area contributed by atoms with Gasteiger partial charge >= 0.3 is 17.9 Å². The third-order valence-corrected chi connectivity index (χ3v) is 10.5. The van der Waals surface area contributed by atoms with Gasteiger partial charge in [0, 0.05) is 19.3 Å². The van der Waals surface area contributed by atoms with Crippen molar-refractivity contribution in [1.29, 1.82) is 0 Å². The normalized spacial score (nSPS) is 11.9. The van der Waals surface area contributed by atoms with E-state index in [2.05, 4.69) is 27.7 Å². The number of ether oxygens (including phenoxy) is 3. The summed E-state index contributed by atoms with van der Waals surface area (Å²) in [6.07, 6.45) is 40.9. The quantitative estimate of drug-likeness (QED) is 0.0351. The zero-order valence-electron chi connectivity index (χ0n) is 36.0. The highest BCUT2D eigenvalue weighted by molar-refractivity contribution is 5.71. The Hall–Kier alpha value is -1.59. The lowest BCUT2D eigenvalue weighted by Crippen LogP contribution is -2.30. The molecule has 0 heterocycles. The summed E-state index contributed by atoms with van der Waals surface area (Å²) < 4.78 is 16.7. The van der Waals surface area contributed by atoms with Crippen molar-refractivity contribution in [2.45, 2.75) is 265 Å². The summed E-state index contributed by atoms with van der Waals surface area (Å²) in [6, 6.07) is 0. The summed E-state index contributed by atoms with van der Waals surface area (Å²) in [7, 11) is 0. The second kappa shape index (κ2) is 41.6. The molecule has 0 aromatic rings. The van der Waals surface area contributed by atoms with Crippen molar-refractivity contribution in [1.82, 2.24) is 0 Å². The Bertz CT molecular complexity index is 796. The molecule has 0 spiro atoms. The summed E-state index contributed by atoms with van der Waals surface area (Å²) in [6.45, 7) is 8.96. The number of hydrogen-bond donors (Lipinski definition) is 0. The van der Waals surface area contributed by atoms with Crippen molar-refractivity contribution < 1.29 is 28.6 Å². The van der Waals surface area contributed by atoms with Crippen molar-refractivity contribution >= 4 is 17.9 Å². The van der Waals surface area contributed by atoms with Crippen LogP contribution in [0, 0.1) is 5.92 Å². The summed E-state index contributed by atoms with van der Waals surface area (Å²) in [5.41, 5.74) is 0. The highest BCUT2D eigenvalue weighted by Crippen LogP contribution is 2.16. The van der Waals surface area contributed by atoms with Gasteiger partial charge in [-0.1, -0.05) is 220 Å². The maximum absolute atomic E-state index is 12.7. The minimum absolute atomic E-state index is 0.0640. The number of carbonyl (C=O) groups excluding carboxylic acids is 3. The molecule has 0 unspecified atom stereocenters. The number of rotatable bonds is 42. The molecular weight excluding hydrogens is 661 g/mol. The Balaban J connectivity index is 4.31.